The van der Waals surface area contributed by atoms with Gasteiger partial charge < -0.3 is 29.1 Å². The third-order valence-corrected chi connectivity index (χ3v) is 13.3. The van der Waals surface area contributed by atoms with E-state index in [-0.39, 0.29) is 94.0 Å². The predicted octanol–water partition coefficient (Wildman–Crippen LogP) is 11.1. The number of hydrogen-bond donors (Lipinski definition) is 0. The topological polar surface area (TPSA) is 186 Å². The van der Waals surface area contributed by atoms with Crippen LogP contribution in [0.15, 0.2) is 94.7 Å². The first kappa shape index (κ1) is 53.3. The van der Waals surface area contributed by atoms with Crippen molar-refractivity contribution in [1.82, 2.24) is 19.6 Å². The highest BCUT2D eigenvalue weighted by molar-refractivity contribution is 7.99. The van der Waals surface area contributed by atoms with E-state index in [0.29, 0.717) is 61.6 Å². The summed E-state index contributed by atoms with van der Waals surface area (Å²) in [7, 11) is 0. The third-order valence-electron chi connectivity index (χ3n) is 12.2. The Bertz CT molecular complexity index is 2500. The largest absolute Gasteiger partial charge is 0.449 e. The summed E-state index contributed by atoms with van der Waals surface area (Å²) in [6.07, 6.45) is 5.04. The lowest BCUT2D eigenvalue weighted by atomic mass is 9.89. The fourth-order valence-corrected chi connectivity index (χ4v) is 9.59. The van der Waals surface area contributed by atoms with Crippen LogP contribution in [0.2, 0.25) is 0 Å². The van der Waals surface area contributed by atoms with Gasteiger partial charge in [0.05, 0.1) is 44.0 Å². The van der Waals surface area contributed by atoms with E-state index in [1.165, 1.54) is 12.2 Å². The van der Waals surface area contributed by atoms with E-state index in [0.717, 1.165) is 22.9 Å². The minimum Gasteiger partial charge on any atom is -0.449 e. The number of nitro groups is 2. The summed E-state index contributed by atoms with van der Waals surface area (Å²) in [5.41, 5.74) is 3.56. The van der Waals surface area contributed by atoms with Gasteiger partial charge in [-0.1, -0.05) is 128 Å². The molecule has 71 heavy (non-hydrogen) atoms. The fourth-order valence-electron chi connectivity index (χ4n) is 8.53. The second-order valence-electron chi connectivity index (χ2n) is 19.1. The smallest absolute Gasteiger partial charge is 0.409 e. The lowest BCUT2D eigenvalue weighted by molar-refractivity contribution is -0.387. The Hall–Kier alpha value is -7.01. The molecule has 4 amide bonds. The molecule has 16 nitrogen and oxygen atoms in total. The maximum absolute atomic E-state index is 13.7. The second-order valence-corrected chi connectivity index (χ2v) is 20.2. The quantitative estimate of drug-likeness (QED) is 0.0591. The molecule has 0 spiro atoms. The van der Waals surface area contributed by atoms with Gasteiger partial charge in [0, 0.05) is 64.5 Å². The van der Waals surface area contributed by atoms with Gasteiger partial charge in [0.1, 0.15) is 0 Å². The van der Waals surface area contributed by atoms with Gasteiger partial charge in [-0.15, -0.1) is 0 Å². The van der Waals surface area contributed by atoms with Crippen molar-refractivity contribution in [2.75, 3.05) is 65.6 Å². The van der Waals surface area contributed by atoms with Gasteiger partial charge in [-0.3, -0.25) is 29.8 Å². The number of rotatable bonds is 16. The number of carbonyl (C=O) groups excluding carboxylic acids is 4. The molecule has 0 aliphatic carbocycles. The first-order valence-electron chi connectivity index (χ1n) is 24.1. The van der Waals surface area contributed by atoms with Gasteiger partial charge in [0.2, 0.25) is 11.8 Å². The Balaban J connectivity index is 1.39. The highest BCUT2D eigenvalue weighted by atomic mass is 32.2. The normalized spacial score (nSPS) is 14.4. The van der Waals surface area contributed by atoms with Crippen molar-refractivity contribution in [3.05, 3.63) is 127 Å². The molecular formula is C54H64N6O10S. The number of amides is 4. The molecule has 0 N–H and O–H groups in total. The van der Waals surface area contributed by atoms with Crippen molar-refractivity contribution in [1.29, 1.82) is 0 Å². The van der Waals surface area contributed by atoms with Crippen LogP contribution in [0, 0.1) is 32.1 Å². The summed E-state index contributed by atoms with van der Waals surface area (Å²) in [5.74, 6) is -0.385. The Morgan fingerprint density at radius 1 is 0.535 bits per heavy atom. The highest BCUT2D eigenvalue weighted by Gasteiger charge is 2.32. The van der Waals surface area contributed by atoms with Crippen molar-refractivity contribution in [2.24, 2.45) is 11.8 Å². The number of carbonyl (C=O) groups is 4. The molecule has 0 radical (unpaired) electrons. The molecule has 6 rings (SSSR count). The minimum absolute atomic E-state index is 0.0516. The van der Waals surface area contributed by atoms with Crippen LogP contribution in [0.4, 0.5) is 21.0 Å². The molecule has 376 valence electrons. The predicted molar refractivity (Wildman–Crippen MR) is 276 cm³/mol. The summed E-state index contributed by atoms with van der Waals surface area (Å²) < 4.78 is 10.7. The van der Waals surface area contributed by atoms with Gasteiger partial charge in [-0.05, 0) is 81.3 Å². The van der Waals surface area contributed by atoms with Crippen LogP contribution >= 0.6 is 11.8 Å². The molecule has 17 heteroatoms. The minimum atomic E-state index is -0.483. The van der Waals surface area contributed by atoms with Crippen molar-refractivity contribution in [2.45, 2.75) is 77.0 Å². The Morgan fingerprint density at radius 3 is 1.20 bits per heavy atom. The third kappa shape index (κ3) is 13.2. The average Bonchev–Trinajstić information content (AvgIpc) is 3.35. The molecule has 2 aliphatic heterocycles. The van der Waals surface area contributed by atoms with Crippen LogP contribution in [0.1, 0.15) is 89.5 Å². The second kappa shape index (κ2) is 24.2. The van der Waals surface area contributed by atoms with E-state index in [1.54, 1.807) is 80.3 Å². The zero-order chi connectivity index (χ0) is 51.5. The summed E-state index contributed by atoms with van der Waals surface area (Å²) in [6, 6.07) is 21.2. The fraction of sp³-hybridized carbons (Fsp3) is 0.407. The molecule has 2 saturated heterocycles. The number of ether oxygens (including phenoxy) is 2. The molecule has 4 aromatic rings. The molecule has 0 bridgehead atoms. The molecule has 2 aliphatic rings. The Kier molecular flexibility index (Phi) is 18.2. The van der Waals surface area contributed by atoms with Gasteiger partial charge in [-0.2, -0.15) is 0 Å². The molecule has 4 aromatic carbocycles. The number of benzene rings is 4. The van der Waals surface area contributed by atoms with E-state index in [1.807, 2.05) is 79.7 Å². The zero-order valence-electron chi connectivity index (χ0n) is 41.8. The van der Waals surface area contributed by atoms with Crippen molar-refractivity contribution < 1.29 is 38.5 Å². The van der Waals surface area contributed by atoms with Crippen LogP contribution in [-0.2, 0) is 19.1 Å². The number of piperazine rings is 2. The lowest BCUT2D eigenvalue weighted by Gasteiger charge is -2.33. The first-order valence-corrected chi connectivity index (χ1v) is 24.9. The van der Waals surface area contributed by atoms with Gasteiger partial charge in [0.15, 0.2) is 0 Å². The molecule has 2 fully saturated rings. The molecule has 0 atom stereocenters. The van der Waals surface area contributed by atoms with Crippen LogP contribution < -0.4 is 0 Å². The number of hydrogen-bond acceptors (Lipinski definition) is 11. The van der Waals surface area contributed by atoms with Gasteiger partial charge in [0.25, 0.3) is 11.4 Å². The number of nitrogens with zero attached hydrogens (tertiary/aromatic N) is 6. The summed E-state index contributed by atoms with van der Waals surface area (Å²) in [6.45, 7) is 18.6. The van der Waals surface area contributed by atoms with E-state index in [2.05, 4.69) is 0 Å². The first-order chi connectivity index (χ1) is 33.9. The van der Waals surface area contributed by atoms with E-state index >= 15 is 0 Å². The number of nitro benzene ring substituents is 2. The summed E-state index contributed by atoms with van der Waals surface area (Å²) in [4.78, 5) is 85.1. The standard InChI is InChI=1S/C54H64N6O10S/c1-35(2)33-69-53(63)57-29-25-55(26-30-57)47(61)23-19-39-17-21-45(51(59(65)66)49(39)43-15-11-9-13-41(43)37(5)6)71-46-22-18-40(50(52(46)60(67)68)44-16-12-10-14-42(44)38(7)8)20-24-48(62)56-27-31-58(32-28-56)54(64)70-34-36(3)4/h9-24,35-38H,25-34H2,1-8H3. The van der Waals surface area contributed by atoms with E-state index in [4.69, 9.17) is 9.47 Å². The van der Waals surface area contributed by atoms with Crippen LogP contribution in [0.25, 0.3) is 34.4 Å². The van der Waals surface area contributed by atoms with Crippen molar-refractivity contribution >= 4 is 59.3 Å². The zero-order valence-corrected chi connectivity index (χ0v) is 42.6. The maximum atomic E-state index is 13.7. The van der Waals surface area contributed by atoms with Crippen molar-refractivity contribution in [3.63, 3.8) is 0 Å². The molecule has 0 unspecified atom stereocenters. The highest BCUT2D eigenvalue weighted by Crippen LogP contribution is 2.50. The lowest BCUT2D eigenvalue weighted by Crippen LogP contribution is -2.50. The van der Waals surface area contributed by atoms with E-state index < -0.39 is 22.0 Å². The molecular weight excluding hydrogens is 925 g/mol. The maximum Gasteiger partial charge on any atom is 0.409 e. The van der Waals surface area contributed by atoms with Crippen LogP contribution in [0.3, 0.4) is 0 Å². The van der Waals surface area contributed by atoms with Gasteiger partial charge >= 0.3 is 12.2 Å². The van der Waals surface area contributed by atoms with Crippen molar-refractivity contribution in [3.8, 4) is 22.3 Å². The van der Waals surface area contributed by atoms with E-state index in [9.17, 15) is 39.4 Å². The average molecular weight is 989 g/mol. The summed E-state index contributed by atoms with van der Waals surface area (Å²) in [5, 5.41) is 27.0. The Morgan fingerprint density at radius 2 is 0.873 bits per heavy atom. The van der Waals surface area contributed by atoms with Gasteiger partial charge in [-0.25, -0.2) is 9.59 Å². The monoisotopic (exact) mass is 988 g/mol. The summed E-state index contributed by atoms with van der Waals surface area (Å²) >= 11 is 0.903. The van der Waals surface area contributed by atoms with Crippen LogP contribution in [0.5, 0.6) is 0 Å². The Labute approximate surface area is 420 Å². The SMILES string of the molecule is CC(C)COC(=O)N1CCN(C(=O)C=Cc2ccc(Sc3ccc(C=CC(=O)N4CCN(C(=O)OCC(C)C)CC4)c(-c4ccccc4C(C)C)c3[N+](=O)[O-])c([N+](=O)[O-])c2-c2ccccc2C(C)C)CC1. The van der Waals surface area contributed by atoms with Crippen LogP contribution in [-0.4, -0.2) is 119 Å². The molecule has 0 saturated carbocycles. The molecule has 0 aromatic heterocycles. The molecule has 2 heterocycles.